The van der Waals surface area contributed by atoms with Crippen LogP contribution in [0.2, 0.25) is 0 Å². The lowest BCUT2D eigenvalue weighted by Crippen LogP contribution is -1.95. The van der Waals surface area contributed by atoms with Crippen molar-refractivity contribution in [2.24, 2.45) is 0 Å². The first-order chi connectivity index (χ1) is 11.9. The van der Waals surface area contributed by atoms with Gasteiger partial charge in [-0.05, 0) is 30.2 Å². The number of allylic oxidation sites excluding steroid dienone is 1. The van der Waals surface area contributed by atoms with Gasteiger partial charge in [0.1, 0.15) is 11.5 Å². The predicted molar refractivity (Wildman–Crippen MR) is 92.0 cm³/mol. The predicted octanol–water partition coefficient (Wildman–Crippen LogP) is 3.78. The molecule has 0 radical (unpaired) electrons. The van der Waals surface area contributed by atoms with E-state index in [-0.39, 0.29) is 11.4 Å². The van der Waals surface area contributed by atoms with Gasteiger partial charge in [-0.3, -0.25) is 20.2 Å². The summed E-state index contributed by atoms with van der Waals surface area (Å²) in [6, 6.07) is 8.96. The topological polar surface area (TPSA) is 105 Å². The Kier molecular flexibility index (Phi) is 5.67. The number of nitro groups is 2. The number of ether oxygens (including phenoxy) is 2. The molecule has 25 heavy (non-hydrogen) atoms. The van der Waals surface area contributed by atoms with E-state index < -0.39 is 9.85 Å². The van der Waals surface area contributed by atoms with Crippen LogP contribution in [0.5, 0.6) is 11.5 Å². The molecular weight excluding hydrogens is 328 g/mol. The van der Waals surface area contributed by atoms with Crippen molar-refractivity contribution in [2.75, 3.05) is 14.2 Å². The molecule has 0 aliphatic heterocycles. The van der Waals surface area contributed by atoms with Crippen LogP contribution >= 0.6 is 0 Å². The number of methoxy groups -OCH3 is 2. The molecule has 0 heterocycles. The van der Waals surface area contributed by atoms with Gasteiger partial charge in [0, 0.05) is 12.1 Å². The van der Waals surface area contributed by atoms with E-state index in [2.05, 4.69) is 0 Å². The van der Waals surface area contributed by atoms with Gasteiger partial charge in [-0.2, -0.15) is 0 Å². The summed E-state index contributed by atoms with van der Waals surface area (Å²) in [6.45, 7) is 0. The van der Waals surface area contributed by atoms with Gasteiger partial charge in [0.2, 0.25) is 0 Å². The summed E-state index contributed by atoms with van der Waals surface area (Å²) in [5, 5.41) is 21.9. The van der Waals surface area contributed by atoms with Crippen molar-refractivity contribution in [3.8, 4) is 11.5 Å². The van der Waals surface area contributed by atoms with E-state index in [9.17, 15) is 20.2 Å². The summed E-state index contributed by atoms with van der Waals surface area (Å²) in [4.78, 5) is 20.6. The number of nitrogens with zero attached hydrogens (tertiary/aromatic N) is 2. The van der Waals surface area contributed by atoms with E-state index in [1.54, 1.807) is 32.4 Å². The number of nitro benzene ring substituents is 2. The van der Waals surface area contributed by atoms with Crippen LogP contribution < -0.4 is 9.47 Å². The molecule has 0 N–H and O–H groups in total. The Balaban J connectivity index is 2.25. The fourth-order valence-corrected chi connectivity index (χ4v) is 2.25. The molecule has 2 rings (SSSR count). The molecule has 0 atom stereocenters. The van der Waals surface area contributed by atoms with Crippen molar-refractivity contribution in [2.45, 2.75) is 6.42 Å². The maximum absolute atomic E-state index is 11.1. The maximum atomic E-state index is 11.1. The number of hydrogen-bond donors (Lipinski definition) is 0. The fourth-order valence-electron chi connectivity index (χ4n) is 2.25. The van der Waals surface area contributed by atoms with Crippen LogP contribution in [0.1, 0.15) is 11.1 Å². The second-order valence-electron chi connectivity index (χ2n) is 5.08. The summed E-state index contributed by atoms with van der Waals surface area (Å²) in [6.07, 6.45) is 3.79. The Labute approximate surface area is 143 Å². The normalized spacial score (nSPS) is 10.6. The molecule has 0 unspecified atom stereocenters. The van der Waals surface area contributed by atoms with Crippen molar-refractivity contribution in [3.63, 3.8) is 0 Å². The zero-order valence-corrected chi connectivity index (χ0v) is 13.7. The van der Waals surface area contributed by atoms with Crippen molar-refractivity contribution >= 4 is 17.5 Å². The largest absolute Gasteiger partial charge is 0.497 e. The van der Waals surface area contributed by atoms with Crippen LogP contribution in [-0.4, -0.2) is 24.1 Å². The molecule has 0 amide bonds. The molecule has 0 spiro atoms. The highest BCUT2D eigenvalue weighted by atomic mass is 16.6. The first-order valence-electron chi connectivity index (χ1n) is 7.26. The Bertz CT molecular complexity index is 810. The number of benzene rings is 2. The second-order valence-corrected chi connectivity index (χ2v) is 5.08. The first kappa shape index (κ1) is 17.9. The van der Waals surface area contributed by atoms with Crippen LogP contribution in [0.4, 0.5) is 11.4 Å². The molecule has 8 heteroatoms. The average Bonchev–Trinajstić information content (AvgIpc) is 2.61. The van der Waals surface area contributed by atoms with Crippen molar-refractivity contribution in [3.05, 3.63) is 73.8 Å². The van der Waals surface area contributed by atoms with Crippen molar-refractivity contribution in [1.29, 1.82) is 0 Å². The fraction of sp³-hybridized carbons (Fsp3) is 0.176. The van der Waals surface area contributed by atoms with Gasteiger partial charge < -0.3 is 9.47 Å². The van der Waals surface area contributed by atoms with Gasteiger partial charge in [-0.15, -0.1) is 0 Å². The van der Waals surface area contributed by atoms with E-state index in [0.29, 0.717) is 23.5 Å². The van der Waals surface area contributed by atoms with Crippen LogP contribution in [-0.2, 0) is 6.42 Å². The minimum atomic E-state index is -0.664. The molecule has 0 aromatic heterocycles. The minimum Gasteiger partial charge on any atom is -0.497 e. The highest BCUT2D eigenvalue weighted by Gasteiger charge is 2.17. The molecular formula is C17H16N2O6. The Morgan fingerprint density at radius 3 is 2.12 bits per heavy atom. The minimum absolute atomic E-state index is 0.297. The van der Waals surface area contributed by atoms with Gasteiger partial charge in [0.15, 0.2) is 0 Å². The highest BCUT2D eigenvalue weighted by Crippen LogP contribution is 2.26. The summed E-state index contributed by atoms with van der Waals surface area (Å²) in [7, 11) is 3.10. The zero-order valence-electron chi connectivity index (χ0n) is 13.7. The highest BCUT2D eigenvalue weighted by molar-refractivity contribution is 5.64. The number of non-ortho nitro benzene ring substituents is 1. The molecule has 2 aromatic rings. The van der Waals surface area contributed by atoms with Crippen LogP contribution in [0.15, 0.2) is 42.5 Å². The van der Waals surface area contributed by atoms with Gasteiger partial charge in [-0.1, -0.05) is 12.2 Å². The monoisotopic (exact) mass is 344 g/mol. The van der Waals surface area contributed by atoms with E-state index in [1.165, 1.54) is 12.1 Å². The van der Waals surface area contributed by atoms with Crippen LogP contribution in [0, 0.1) is 20.2 Å². The van der Waals surface area contributed by atoms with Gasteiger partial charge in [-0.25, -0.2) is 0 Å². The average molecular weight is 344 g/mol. The third kappa shape index (κ3) is 4.54. The molecule has 8 nitrogen and oxygen atoms in total. The number of rotatable bonds is 7. The molecule has 0 aliphatic rings. The van der Waals surface area contributed by atoms with Gasteiger partial charge >= 0.3 is 0 Å². The summed E-state index contributed by atoms with van der Waals surface area (Å²) in [5.41, 5.74) is 0.567. The summed E-state index contributed by atoms with van der Waals surface area (Å²) < 4.78 is 10.4. The molecule has 0 saturated heterocycles. The van der Waals surface area contributed by atoms with E-state index in [4.69, 9.17) is 9.47 Å². The smallest absolute Gasteiger partial charge is 0.283 e. The van der Waals surface area contributed by atoms with E-state index >= 15 is 0 Å². The first-order valence-corrected chi connectivity index (χ1v) is 7.26. The Morgan fingerprint density at radius 1 is 0.960 bits per heavy atom. The van der Waals surface area contributed by atoms with Crippen LogP contribution in [0.3, 0.4) is 0 Å². The van der Waals surface area contributed by atoms with Crippen molar-refractivity contribution in [1.82, 2.24) is 0 Å². The molecule has 0 bridgehead atoms. The standard InChI is InChI=1S/C17H16N2O6/c1-24-15-8-12(9-16(11-15)25-2)4-3-5-13-6-7-14(18(20)21)10-17(13)19(22)23/h3,5-11H,4H2,1-2H3/b5-3+. The quantitative estimate of drug-likeness (QED) is 0.559. The molecule has 2 aromatic carbocycles. The maximum Gasteiger partial charge on any atom is 0.283 e. The molecule has 0 saturated carbocycles. The summed E-state index contributed by atoms with van der Waals surface area (Å²) in [5.74, 6) is 1.29. The Morgan fingerprint density at radius 2 is 1.60 bits per heavy atom. The molecule has 0 fully saturated rings. The third-order valence-electron chi connectivity index (χ3n) is 3.48. The lowest BCUT2D eigenvalue weighted by Gasteiger charge is -2.06. The lowest BCUT2D eigenvalue weighted by molar-refractivity contribution is -0.394. The van der Waals surface area contributed by atoms with E-state index in [1.807, 2.05) is 12.1 Å². The number of hydrogen-bond acceptors (Lipinski definition) is 6. The SMILES string of the molecule is COc1cc(C/C=C/c2ccc([N+](=O)[O-])cc2[N+](=O)[O-])cc(OC)c1. The Hall–Kier alpha value is -3.42. The molecule has 130 valence electrons. The third-order valence-corrected chi connectivity index (χ3v) is 3.48. The zero-order chi connectivity index (χ0) is 18.4. The van der Waals surface area contributed by atoms with Gasteiger partial charge in [0.05, 0.1) is 35.7 Å². The van der Waals surface area contributed by atoms with E-state index in [0.717, 1.165) is 11.6 Å². The van der Waals surface area contributed by atoms with Crippen molar-refractivity contribution < 1.29 is 19.3 Å². The lowest BCUT2D eigenvalue weighted by atomic mass is 10.1. The molecule has 0 aliphatic carbocycles. The summed E-state index contributed by atoms with van der Waals surface area (Å²) >= 11 is 0. The van der Waals surface area contributed by atoms with Crippen LogP contribution in [0.25, 0.3) is 6.08 Å². The second kappa shape index (κ2) is 7.91. The van der Waals surface area contributed by atoms with Gasteiger partial charge in [0.25, 0.3) is 11.4 Å².